The molecule has 2 aliphatic heterocycles. The molecule has 2 heterocycles. The molecule has 0 N–H and O–H groups in total. The van der Waals surface area contributed by atoms with Crippen molar-refractivity contribution >= 4 is 17.9 Å². The van der Waals surface area contributed by atoms with Crippen LogP contribution in [0.2, 0.25) is 0 Å². The maximum Gasteiger partial charge on any atom is 0.344 e. The summed E-state index contributed by atoms with van der Waals surface area (Å²) in [6.45, 7) is 2.05. The minimum atomic E-state index is -0.503. The number of benzene rings is 1. The summed E-state index contributed by atoms with van der Waals surface area (Å²) in [5.41, 5.74) is 0.371. The molecular weight excluding hydrogens is 276 g/mol. The molecule has 0 fully saturated rings. The maximum absolute atomic E-state index is 12.1. The van der Waals surface area contributed by atoms with Crippen LogP contribution in [0.1, 0.15) is 23.7 Å². The second-order valence-corrected chi connectivity index (χ2v) is 4.63. The molecule has 0 radical (unpaired) electrons. The zero-order valence-electron chi connectivity index (χ0n) is 11.7. The van der Waals surface area contributed by atoms with E-state index in [2.05, 4.69) is 9.98 Å². The summed E-state index contributed by atoms with van der Waals surface area (Å²) in [5.74, 6) is 0.931. The molecule has 2 aliphatic rings. The molecule has 21 heavy (non-hydrogen) atoms. The van der Waals surface area contributed by atoms with Gasteiger partial charge in [0.1, 0.15) is 0 Å². The Bertz CT molecular complexity index is 638. The van der Waals surface area contributed by atoms with Gasteiger partial charge in [-0.15, -0.1) is 0 Å². The van der Waals surface area contributed by atoms with Crippen molar-refractivity contribution in [3.63, 3.8) is 0 Å². The Kier molecular flexibility index (Phi) is 3.47. The molecule has 110 valence electrons. The van der Waals surface area contributed by atoms with Gasteiger partial charge in [-0.2, -0.15) is 4.99 Å². The van der Waals surface area contributed by atoms with Gasteiger partial charge in [-0.25, -0.2) is 9.79 Å². The van der Waals surface area contributed by atoms with Crippen LogP contribution in [0.15, 0.2) is 28.2 Å². The average Bonchev–Trinajstić information content (AvgIpc) is 2.93. The number of methoxy groups -OCH3 is 1. The van der Waals surface area contributed by atoms with E-state index < -0.39 is 5.97 Å². The van der Waals surface area contributed by atoms with Crippen LogP contribution in [0.25, 0.3) is 0 Å². The molecule has 3 rings (SSSR count). The third-order valence-electron chi connectivity index (χ3n) is 3.02. The quantitative estimate of drug-likeness (QED) is 0.736. The third-order valence-corrected chi connectivity index (χ3v) is 3.02. The zero-order valence-corrected chi connectivity index (χ0v) is 11.7. The van der Waals surface area contributed by atoms with Crippen LogP contribution in [0.5, 0.6) is 11.5 Å². The highest BCUT2D eigenvalue weighted by atomic mass is 16.7. The van der Waals surface area contributed by atoms with E-state index >= 15 is 0 Å². The first-order valence-electron chi connectivity index (χ1n) is 6.47. The van der Waals surface area contributed by atoms with Crippen LogP contribution in [0.4, 0.5) is 0 Å². The summed E-state index contributed by atoms with van der Waals surface area (Å²) < 4.78 is 20.7. The van der Waals surface area contributed by atoms with Crippen molar-refractivity contribution in [3.8, 4) is 11.5 Å². The predicted octanol–water partition coefficient (Wildman–Crippen LogP) is 1.77. The van der Waals surface area contributed by atoms with Gasteiger partial charge in [-0.1, -0.05) is 0 Å². The van der Waals surface area contributed by atoms with E-state index in [-0.39, 0.29) is 24.8 Å². The van der Waals surface area contributed by atoms with Crippen molar-refractivity contribution in [1.82, 2.24) is 0 Å². The Morgan fingerprint density at radius 2 is 2.14 bits per heavy atom. The fourth-order valence-corrected chi connectivity index (χ4v) is 2.02. The number of amidine groups is 1. The lowest BCUT2D eigenvalue weighted by molar-refractivity contribution is 0.0710. The van der Waals surface area contributed by atoms with E-state index in [9.17, 15) is 4.79 Å². The van der Waals surface area contributed by atoms with Gasteiger partial charge in [0.15, 0.2) is 11.5 Å². The van der Waals surface area contributed by atoms with Gasteiger partial charge >= 0.3 is 12.0 Å². The number of fused-ring (bicyclic) bond motifs is 1. The number of esters is 1. The van der Waals surface area contributed by atoms with Gasteiger partial charge < -0.3 is 18.9 Å². The van der Waals surface area contributed by atoms with Crippen LogP contribution >= 0.6 is 0 Å². The number of ether oxygens (including phenoxy) is 4. The molecule has 0 spiro atoms. The molecule has 0 bridgehead atoms. The standard InChI is InChI=1S/C14H14N2O5/c1-8-5-12(16-14(15-8)18-2)21-13(17)9-3-4-10-11(6-9)20-7-19-10/h3-4,6,8H,5,7H2,1-2H3. The van der Waals surface area contributed by atoms with Gasteiger partial charge in [-0.05, 0) is 25.1 Å². The molecule has 0 aromatic heterocycles. The number of carbonyl (C=O) groups is 1. The van der Waals surface area contributed by atoms with Gasteiger partial charge in [0, 0.05) is 6.42 Å². The maximum atomic E-state index is 12.1. The number of hydrogen-bond acceptors (Lipinski definition) is 7. The molecule has 0 saturated heterocycles. The Labute approximate surface area is 121 Å². The zero-order chi connectivity index (χ0) is 14.8. The molecule has 0 saturated carbocycles. The Hall–Kier alpha value is -2.57. The summed E-state index contributed by atoms with van der Waals surface area (Å²) in [7, 11) is 1.47. The topological polar surface area (TPSA) is 78.7 Å². The highest BCUT2D eigenvalue weighted by molar-refractivity contribution is 6.02. The number of carbonyl (C=O) groups excluding carboxylic acids is 1. The summed E-state index contributed by atoms with van der Waals surface area (Å²) >= 11 is 0. The number of hydrogen-bond donors (Lipinski definition) is 0. The van der Waals surface area contributed by atoms with E-state index in [1.165, 1.54) is 7.11 Å². The van der Waals surface area contributed by atoms with Crippen molar-refractivity contribution in [2.45, 2.75) is 19.4 Å². The average molecular weight is 290 g/mol. The molecule has 1 unspecified atom stereocenters. The van der Waals surface area contributed by atoms with E-state index in [1.807, 2.05) is 6.92 Å². The normalized spacial score (nSPS) is 19.6. The Balaban J connectivity index is 1.75. The number of aliphatic imine (C=N–C) groups is 2. The van der Waals surface area contributed by atoms with Crippen LogP contribution < -0.4 is 9.47 Å². The number of nitrogens with zero attached hydrogens (tertiary/aromatic N) is 2. The summed E-state index contributed by atoms with van der Waals surface area (Å²) in [4.78, 5) is 20.3. The first kappa shape index (κ1) is 13.4. The second-order valence-electron chi connectivity index (χ2n) is 4.63. The Morgan fingerprint density at radius 3 is 2.95 bits per heavy atom. The van der Waals surface area contributed by atoms with E-state index in [4.69, 9.17) is 18.9 Å². The minimum Gasteiger partial charge on any atom is -0.467 e. The summed E-state index contributed by atoms with van der Waals surface area (Å²) in [6, 6.07) is 5.04. The van der Waals surface area contributed by atoms with Crippen LogP contribution in [0, 0.1) is 0 Å². The minimum absolute atomic E-state index is 0.0444. The third kappa shape index (κ3) is 2.81. The molecule has 1 aromatic rings. The lowest BCUT2D eigenvalue weighted by Crippen LogP contribution is -2.23. The first-order valence-corrected chi connectivity index (χ1v) is 6.47. The predicted molar refractivity (Wildman–Crippen MR) is 73.9 cm³/mol. The molecule has 0 aliphatic carbocycles. The fraction of sp³-hybridized carbons (Fsp3) is 0.357. The van der Waals surface area contributed by atoms with Gasteiger partial charge in [0.2, 0.25) is 12.7 Å². The van der Waals surface area contributed by atoms with Crippen LogP contribution in [-0.4, -0.2) is 37.8 Å². The van der Waals surface area contributed by atoms with Crippen molar-refractivity contribution in [1.29, 1.82) is 0 Å². The van der Waals surface area contributed by atoms with Crippen molar-refractivity contribution in [2.24, 2.45) is 9.98 Å². The van der Waals surface area contributed by atoms with Gasteiger partial charge in [0.25, 0.3) is 0 Å². The SMILES string of the molecule is COC1=NC(C)CC(OC(=O)c2ccc3c(c2)OCO3)=N1. The van der Waals surface area contributed by atoms with Crippen molar-refractivity contribution in [2.75, 3.05) is 13.9 Å². The second kappa shape index (κ2) is 5.43. The van der Waals surface area contributed by atoms with Gasteiger partial charge in [0.05, 0.1) is 18.7 Å². The first-order chi connectivity index (χ1) is 10.2. The van der Waals surface area contributed by atoms with E-state index in [0.29, 0.717) is 23.5 Å². The van der Waals surface area contributed by atoms with E-state index in [0.717, 1.165) is 0 Å². The largest absolute Gasteiger partial charge is 0.467 e. The fourth-order valence-electron chi connectivity index (χ4n) is 2.02. The summed E-state index contributed by atoms with van der Waals surface area (Å²) in [5, 5.41) is 0. The van der Waals surface area contributed by atoms with Crippen LogP contribution in [-0.2, 0) is 9.47 Å². The molecule has 7 nitrogen and oxygen atoms in total. The molecule has 1 atom stereocenters. The Morgan fingerprint density at radius 1 is 1.33 bits per heavy atom. The van der Waals surface area contributed by atoms with E-state index in [1.54, 1.807) is 18.2 Å². The number of rotatable bonds is 1. The smallest absolute Gasteiger partial charge is 0.344 e. The monoisotopic (exact) mass is 290 g/mol. The highest BCUT2D eigenvalue weighted by Gasteiger charge is 2.21. The molecule has 1 aromatic carbocycles. The molecule has 7 heteroatoms. The lowest BCUT2D eigenvalue weighted by atomic mass is 10.2. The summed E-state index contributed by atoms with van der Waals surface area (Å²) in [6.07, 6.45) is 0.448. The molecule has 0 amide bonds. The van der Waals surface area contributed by atoms with Crippen LogP contribution in [0.3, 0.4) is 0 Å². The lowest BCUT2D eigenvalue weighted by Gasteiger charge is -2.15. The molecular formula is C14H14N2O5. The van der Waals surface area contributed by atoms with Gasteiger partial charge in [-0.3, -0.25) is 0 Å². The van der Waals surface area contributed by atoms with Crippen molar-refractivity contribution in [3.05, 3.63) is 23.8 Å². The van der Waals surface area contributed by atoms with Crippen molar-refractivity contribution < 1.29 is 23.7 Å². The highest BCUT2D eigenvalue weighted by Crippen LogP contribution is 2.32.